The quantitative estimate of drug-likeness (QED) is 0.401. The van der Waals surface area contributed by atoms with Gasteiger partial charge in [0.25, 0.3) is 0 Å². The van der Waals surface area contributed by atoms with Crippen LogP contribution in [0.1, 0.15) is 6.92 Å². The first kappa shape index (κ1) is 17.6. The summed E-state index contributed by atoms with van der Waals surface area (Å²) in [6, 6.07) is 0. The minimum Gasteiger partial charge on any atom is -0.282 e. The van der Waals surface area contributed by atoms with Gasteiger partial charge in [0.1, 0.15) is 0 Å². The summed E-state index contributed by atoms with van der Waals surface area (Å²) in [5, 5.41) is 0. The largest absolute Gasteiger partial charge is 0.403 e. The van der Waals surface area contributed by atoms with Crippen LogP contribution in [-0.4, -0.2) is 49.1 Å². The first-order valence-corrected chi connectivity index (χ1v) is 8.13. The molecule has 0 aromatic carbocycles. The summed E-state index contributed by atoms with van der Waals surface area (Å²) in [6.45, 7) is 0.813. The van der Waals surface area contributed by atoms with Gasteiger partial charge >= 0.3 is 36.5 Å². The molecule has 0 fully saturated rings. The Bertz CT molecular complexity index is 553. The zero-order chi connectivity index (χ0) is 14.6. The Morgan fingerprint density at radius 2 is 1.44 bits per heavy atom. The Kier molecular flexibility index (Phi) is 6.08. The molecule has 0 bridgehead atoms. The van der Waals surface area contributed by atoms with Crippen molar-refractivity contribution in [3.05, 3.63) is 0 Å². The van der Waals surface area contributed by atoms with Crippen molar-refractivity contribution in [2.75, 3.05) is 13.7 Å². The summed E-state index contributed by atoms with van der Waals surface area (Å²) in [5.74, 6) is 0. The molecule has 0 radical (unpaired) electrons. The zero-order valence-electron chi connectivity index (χ0n) is 9.04. The van der Waals surface area contributed by atoms with Crippen molar-refractivity contribution >= 4 is 30.9 Å². The smallest absolute Gasteiger partial charge is 0.282 e. The first-order valence-electron chi connectivity index (χ1n) is 3.96. The molecule has 0 aliphatic rings. The molecule has 0 amide bonds. The highest BCUT2D eigenvalue weighted by Crippen LogP contribution is 2.13. The number of hydrogen-bond acceptors (Lipinski definition) is 10. The normalized spacial score (nSPS) is 15.5. The molecule has 1 atom stereocenters. The molecule has 0 aliphatic carbocycles. The van der Waals surface area contributed by atoms with Crippen molar-refractivity contribution < 1.29 is 46.5 Å². The second-order valence-corrected chi connectivity index (χ2v) is 6.39. The minimum absolute atomic E-state index is 0.419. The van der Waals surface area contributed by atoms with E-state index in [9.17, 15) is 25.3 Å². The van der Waals surface area contributed by atoms with Gasteiger partial charge in [-0.25, -0.2) is 4.18 Å². The van der Waals surface area contributed by atoms with Gasteiger partial charge < -0.3 is 0 Å². The molecule has 14 heteroatoms. The summed E-state index contributed by atoms with van der Waals surface area (Å²) >= 11 is 0. The average Bonchev–Trinajstić information content (AvgIpc) is 2.14. The second kappa shape index (κ2) is 6.20. The minimum atomic E-state index is -5.32. The molecule has 11 nitrogen and oxygen atoms in total. The van der Waals surface area contributed by atoms with Crippen molar-refractivity contribution in [2.24, 2.45) is 0 Å². The molecule has 0 rings (SSSR count). The van der Waals surface area contributed by atoms with Crippen molar-refractivity contribution in [1.82, 2.24) is 0 Å². The molecule has 0 saturated heterocycles. The molecule has 0 aliphatic heterocycles. The summed E-state index contributed by atoms with van der Waals surface area (Å²) in [6.07, 6.45) is 0. The molecule has 0 aromatic rings. The van der Waals surface area contributed by atoms with Crippen LogP contribution in [0.2, 0.25) is 0 Å². The lowest BCUT2D eigenvalue weighted by Gasteiger charge is -2.13. The van der Waals surface area contributed by atoms with Crippen LogP contribution < -0.4 is 0 Å². The van der Waals surface area contributed by atoms with E-state index in [0.29, 0.717) is 7.11 Å². The van der Waals surface area contributed by atoms with Crippen LogP contribution >= 0.6 is 0 Å². The maximum Gasteiger partial charge on any atom is 0.403 e. The lowest BCUT2D eigenvalue weighted by molar-refractivity contribution is 0.0481. The Morgan fingerprint density at radius 3 is 1.78 bits per heavy atom. The average molecular weight is 330 g/mol. The van der Waals surface area contributed by atoms with Crippen LogP contribution in [0, 0.1) is 0 Å². The second-order valence-electron chi connectivity index (χ2n) is 2.39. The van der Waals surface area contributed by atoms with Crippen LogP contribution in [0.15, 0.2) is 0 Å². The molecule has 110 valence electrons. The van der Waals surface area contributed by atoms with Gasteiger partial charge in [0.2, 0.25) is 0 Å². The van der Waals surface area contributed by atoms with E-state index in [0.717, 1.165) is 0 Å². The van der Waals surface area contributed by atoms with Gasteiger partial charge in [0.05, 0.1) is 13.7 Å². The topological polar surface area (TPSA) is 160 Å². The van der Waals surface area contributed by atoms with E-state index in [-0.39, 0.29) is 0 Å². The third-order valence-electron chi connectivity index (χ3n) is 1.10. The van der Waals surface area contributed by atoms with E-state index in [1.807, 2.05) is 0 Å². The monoisotopic (exact) mass is 330 g/mol. The summed E-state index contributed by atoms with van der Waals surface area (Å²) < 4.78 is 88.3. The molecule has 0 spiro atoms. The molecule has 0 aromatic heterocycles. The maximum atomic E-state index is 10.9. The lowest BCUT2D eigenvalue weighted by atomic mass is 10.9. The Hall–Kier alpha value is -0.350. The fourth-order valence-electron chi connectivity index (χ4n) is 0.519. The fraction of sp³-hybridized carbons (Fsp3) is 1.00. The van der Waals surface area contributed by atoms with Crippen LogP contribution in [0.4, 0.5) is 0 Å². The molecule has 0 heterocycles. The number of rotatable bonds is 8. The summed E-state index contributed by atoms with van der Waals surface area (Å²) in [4.78, 5) is 0. The maximum absolute atomic E-state index is 10.9. The van der Waals surface area contributed by atoms with E-state index in [1.54, 1.807) is 0 Å². The SMILES string of the molecule is CCOS(=O)(=O)OC(OS(=O)(=O)OC)S(=O)(=O)O. The molecular formula is C4H10O11S3. The predicted octanol–water partition coefficient (Wildman–Crippen LogP) is -1.64. The molecule has 18 heavy (non-hydrogen) atoms. The highest BCUT2D eigenvalue weighted by Gasteiger charge is 2.36. The zero-order valence-corrected chi connectivity index (χ0v) is 11.5. The first-order chi connectivity index (χ1) is 7.93. The fourth-order valence-corrected chi connectivity index (χ4v) is 2.83. The van der Waals surface area contributed by atoms with Crippen molar-refractivity contribution in [3.63, 3.8) is 0 Å². The molecule has 1 unspecified atom stereocenters. The molecule has 0 saturated carbocycles. The van der Waals surface area contributed by atoms with Gasteiger partial charge in [0, 0.05) is 0 Å². The van der Waals surface area contributed by atoms with Gasteiger partial charge in [-0.1, -0.05) is 0 Å². The summed E-state index contributed by atoms with van der Waals surface area (Å²) in [5.41, 5.74) is -3.07. The standard InChI is InChI=1S/C4H10O11S3/c1-3-13-18(10,11)15-4(16(5,6)7)14-17(8,9)12-2/h4H,3H2,1-2H3,(H,5,6,7). The van der Waals surface area contributed by atoms with Gasteiger partial charge in [0.15, 0.2) is 0 Å². The Balaban J connectivity index is 5.19. The highest BCUT2D eigenvalue weighted by molar-refractivity contribution is 7.88. The van der Waals surface area contributed by atoms with E-state index >= 15 is 0 Å². The van der Waals surface area contributed by atoms with Gasteiger partial charge in [-0.2, -0.15) is 33.6 Å². The summed E-state index contributed by atoms with van der Waals surface area (Å²) in [7, 11) is -14.5. The van der Waals surface area contributed by atoms with Crippen molar-refractivity contribution in [3.8, 4) is 0 Å². The van der Waals surface area contributed by atoms with Crippen LogP contribution in [0.5, 0.6) is 0 Å². The molecular weight excluding hydrogens is 320 g/mol. The van der Waals surface area contributed by atoms with E-state index in [1.165, 1.54) is 6.92 Å². The van der Waals surface area contributed by atoms with Crippen LogP contribution in [0.3, 0.4) is 0 Å². The van der Waals surface area contributed by atoms with Gasteiger partial charge in [-0.15, -0.1) is 0 Å². The number of hydrogen-bond donors (Lipinski definition) is 1. The van der Waals surface area contributed by atoms with E-state index in [2.05, 4.69) is 16.7 Å². The van der Waals surface area contributed by atoms with Gasteiger partial charge in [-0.05, 0) is 6.92 Å². The third kappa shape index (κ3) is 6.55. The third-order valence-corrected chi connectivity index (χ3v) is 3.78. The Morgan fingerprint density at radius 1 is 1.00 bits per heavy atom. The van der Waals surface area contributed by atoms with Gasteiger partial charge in [-0.3, -0.25) is 8.74 Å². The lowest BCUT2D eigenvalue weighted by Crippen LogP contribution is -2.33. The van der Waals surface area contributed by atoms with Crippen molar-refractivity contribution in [2.45, 2.75) is 12.5 Å². The van der Waals surface area contributed by atoms with Crippen LogP contribution in [0.25, 0.3) is 0 Å². The van der Waals surface area contributed by atoms with Crippen molar-refractivity contribution in [1.29, 1.82) is 0 Å². The Labute approximate surface area is 104 Å². The highest BCUT2D eigenvalue weighted by atomic mass is 32.3. The van der Waals surface area contributed by atoms with Crippen LogP contribution in [-0.2, 0) is 47.6 Å². The van der Waals surface area contributed by atoms with E-state index < -0.39 is 43.1 Å². The van der Waals surface area contributed by atoms with E-state index in [4.69, 9.17) is 4.55 Å². The predicted molar refractivity (Wildman–Crippen MR) is 54.0 cm³/mol. The molecule has 1 N–H and O–H groups in total.